The largest absolute Gasteiger partial charge is 0.336 e. The van der Waals surface area contributed by atoms with Crippen LogP contribution in [0.25, 0.3) is 0 Å². The van der Waals surface area contributed by atoms with Gasteiger partial charge in [0, 0.05) is 49.5 Å². The molecular weight excluding hydrogens is 374 g/mol. The molecule has 2 aliphatic heterocycles. The first-order chi connectivity index (χ1) is 12.1. The van der Waals surface area contributed by atoms with Crippen molar-refractivity contribution >= 4 is 41.7 Å². The molecule has 1 saturated heterocycles. The molecule has 2 amide bonds. The van der Waals surface area contributed by atoms with Gasteiger partial charge in [-0.1, -0.05) is 0 Å². The summed E-state index contributed by atoms with van der Waals surface area (Å²) in [4.78, 5) is 32.0. The fourth-order valence-electron chi connectivity index (χ4n) is 3.26. The maximum Gasteiger partial charge on any atom is 0.254 e. The molecule has 1 fully saturated rings. The van der Waals surface area contributed by atoms with Crippen molar-refractivity contribution in [3.63, 3.8) is 0 Å². The van der Waals surface area contributed by atoms with Gasteiger partial charge >= 0.3 is 0 Å². The van der Waals surface area contributed by atoms with Crippen LogP contribution >= 0.6 is 24.2 Å². The molecule has 3 heterocycles. The minimum atomic E-state index is -0.110. The predicted molar refractivity (Wildman–Crippen MR) is 103 cm³/mol. The zero-order valence-electron chi connectivity index (χ0n) is 14.3. The number of hydrogen-bond acceptors (Lipinski definition) is 5. The highest BCUT2D eigenvalue weighted by Crippen LogP contribution is 2.33. The third kappa shape index (κ3) is 3.44. The van der Waals surface area contributed by atoms with Crippen LogP contribution in [-0.4, -0.2) is 51.7 Å². The van der Waals surface area contributed by atoms with Crippen LogP contribution in [0.1, 0.15) is 22.2 Å². The van der Waals surface area contributed by atoms with E-state index in [1.165, 1.54) is 11.8 Å². The molecule has 4 rings (SSSR count). The smallest absolute Gasteiger partial charge is 0.254 e. The molecule has 138 valence electrons. The van der Waals surface area contributed by atoms with Gasteiger partial charge in [-0.3, -0.25) is 9.59 Å². The lowest BCUT2D eigenvalue weighted by atomic mass is 10.1. The number of nitrogens with zero attached hydrogens (tertiary/aromatic N) is 3. The van der Waals surface area contributed by atoms with E-state index >= 15 is 0 Å². The van der Waals surface area contributed by atoms with E-state index in [0.717, 1.165) is 23.0 Å². The molecular formula is C17H20ClN5O2S. The van der Waals surface area contributed by atoms with Gasteiger partial charge in [0.05, 0.1) is 11.4 Å². The van der Waals surface area contributed by atoms with Crippen LogP contribution in [0.4, 0.5) is 5.69 Å². The number of aryl methyl sites for hydroxylation is 1. The SMILES string of the molecule is Cl.Cn1ccnc1C1CNCCN1C(=O)c1ccc2c(c1)NC(=O)CS2. The highest BCUT2D eigenvalue weighted by molar-refractivity contribution is 8.00. The standard InChI is InChI=1S/C17H19N5O2S.ClH/c1-21-6-5-19-16(21)13-9-18-4-7-22(13)17(24)11-2-3-14-12(8-11)20-15(23)10-25-14;/h2-3,5-6,8,13,18H,4,7,9-10H2,1H3,(H,20,23);1H. The Labute approximate surface area is 161 Å². The number of benzene rings is 1. The van der Waals surface area contributed by atoms with E-state index in [1.807, 2.05) is 34.8 Å². The van der Waals surface area contributed by atoms with Crippen LogP contribution in [0.5, 0.6) is 0 Å². The molecule has 1 aromatic carbocycles. The first-order valence-electron chi connectivity index (χ1n) is 8.19. The molecule has 0 spiro atoms. The maximum atomic E-state index is 13.1. The lowest BCUT2D eigenvalue weighted by Crippen LogP contribution is -2.49. The second-order valence-electron chi connectivity index (χ2n) is 6.16. The van der Waals surface area contributed by atoms with Gasteiger partial charge in [-0.2, -0.15) is 0 Å². The molecule has 0 radical (unpaired) electrons. The highest BCUT2D eigenvalue weighted by Gasteiger charge is 2.31. The summed E-state index contributed by atoms with van der Waals surface area (Å²) in [5.74, 6) is 1.21. The molecule has 7 nitrogen and oxygen atoms in total. The van der Waals surface area contributed by atoms with E-state index in [9.17, 15) is 9.59 Å². The van der Waals surface area contributed by atoms with Crippen molar-refractivity contribution in [1.29, 1.82) is 0 Å². The van der Waals surface area contributed by atoms with Crippen molar-refractivity contribution in [2.24, 2.45) is 7.05 Å². The first kappa shape index (κ1) is 18.8. The average molecular weight is 394 g/mol. The Hall–Kier alpha value is -2.03. The molecule has 26 heavy (non-hydrogen) atoms. The van der Waals surface area contributed by atoms with Crippen LogP contribution in [-0.2, 0) is 11.8 Å². The topological polar surface area (TPSA) is 79.3 Å². The first-order valence-corrected chi connectivity index (χ1v) is 9.17. The van der Waals surface area contributed by atoms with Gasteiger partial charge in [-0.05, 0) is 18.2 Å². The summed E-state index contributed by atoms with van der Waals surface area (Å²) in [6.07, 6.45) is 3.64. The molecule has 2 aliphatic rings. The van der Waals surface area contributed by atoms with E-state index in [0.29, 0.717) is 24.4 Å². The number of piperazine rings is 1. The number of nitrogens with one attached hydrogen (secondary N) is 2. The minimum absolute atomic E-state index is 0. The summed E-state index contributed by atoms with van der Waals surface area (Å²) < 4.78 is 1.95. The van der Waals surface area contributed by atoms with Crippen molar-refractivity contribution in [3.8, 4) is 0 Å². The van der Waals surface area contributed by atoms with Crippen molar-refractivity contribution in [3.05, 3.63) is 42.0 Å². The summed E-state index contributed by atoms with van der Waals surface area (Å²) in [7, 11) is 1.94. The lowest BCUT2D eigenvalue weighted by molar-refractivity contribution is -0.113. The number of rotatable bonds is 2. The monoisotopic (exact) mass is 393 g/mol. The molecule has 1 unspecified atom stereocenters. The summed E-state index contributed by atoms with van der Waals surface area (Å²) in [5.41, 5.74) is 1.30. The van der Waals surface area contributed by atoms with E-state index in [4.69, 9.17) is 0 Å². The predicted octanol–water partition coefficient (Wildman–Crippen LogP) is 1.67. The molecule has 2 N–H and O–H groups in total. The number of anilines is 1. The van der Waals surface area contributed by atoms with Crippen molar-refractivity contribution in [2.75, 3.05) is 30.7 Å². The Balaban J connectivity index is 0.00000196. The fourth-order valence-corrected chi connectivity index (χ4v) is 4.05. The average Bonchev–Trinajstić information content (AvgIpc) is 3.06. The zero-order valence-corrected chi connectivity index (χ0v) is 15.9. The van der Waals surface area contributed by atoms with Crippen LogP contribution in [0.2, 0.25) is 0 Å². The normalized spacial score (nSPS) is 19.3. The third-order valence-corrected chi connectivity index (χ3v) is 5.59. The summed E-state index contributed by atoms with van der Waals surface area (Å²) >= 11 is 1.49. The number of aromatic nitrogens is 2. The van der Waals surface area contributed by atoms with Gasteiger partial charge in [-0.15, -0.1) is 24.2 Å². The van der Waals surface area contributed by atoms with E-state index in [-0.39, 0.29) is 30.3 Å². The van der Waals surface area contributed by atoms with E-state index in [2.05, 4.69) is 15.6 Å². The van der Waals surface area contributed by atoms with Gasteiger partial charge in [0.1, 0.15) is 11.9 Å². The lowest BCUT2D eigenvalue weighted by Gasteiger charge is -2.36. The third-order valence-electron chi connectivity index (χ3n) is 4.52. The number of imidazole rings is 1. The van der Waals surface area contributed by atoms with Gasteiger partial charge in [0.2, 0.25) is 5.91 Å². The number of halogens is 1. The number of hydrogen-bond donors (Lipinski definition) is 2. The number of thioether (sulfide) groups is 1. The Morgan fingerprint density at radius 2 is 2.23 bits per heavy atom. The fraction of sp³-hybridized carbons (Fsp3) is 0.353. The van der Waals surface area contributed by atoms with Crippen LogP contribution in [0, 0.1) is 0 Å². The van der Waals surface area contributed by atoms with Crippen molar-refractivity contribution in [1.82, 2.24) is 19.8 Å². The van der Waals surface area contributed by atoms with Crippen LogP contribution in [0.15, 0.2) is 35.5 Å². The number of fused-ring (bicyclic) bond motifs is 1. The van der Waals surface area contributed by atoms with Crippen molar-refractivity contribution < 1.29 is 9.59 Å². The van der Waals surface area contributed by atoms with E-state index < -0.39 is 0 Å². The highest BCUT2D eigenvalue weighted by atomic mass is 35.5. The molecule has 0 aliphatic carbocycles. The number of carbonyl (C=O) groups is 2. The number of carbonyl (C=O) groups excluding carboxylic acids is 2. The Morgan fingerprint density at radius 3 is 3.00 bits per heavy atom. The Morgan fingerprint density at radius 1 is 1.38 bits per heavy atom. The Bertz CT molecular complexity index is 840. The zero-order chi connectivity index (χ0) is 17.4. The summed E-state index contributed by atoms with van der Waals surface area (Å²) in [6.45, 7) is 2.05. The molecule has 2 aromatic rings. The minimum Gasteiger partial charge on any atom is -0.336 e. The summed E-state index contributed by atoms with van der Waals surface area (Å²) in [5, 5.41) is 6.18. The molecule has 0 saturated carbocycles. The van der Waals surface area contributed by atoms with Crippen LogP contribution < -0.4 is 10.6 Å². The summed E-state index contributed by atoms with van der Waals surface area (Å²) in [6, 6.07) is 5.41. The second-order valence-corrected chi connectivity index (χ2v) is 7.18. The molecule has 1 aromatic heterocycles. The van der Waals surface area contributed by atoms with Crippen LogP contribution in [0.3, 0.4) is 0 Å². The second kappa shape index (κ2) is 7.69. The maximum absolute atomic E-state index is 13.1. The van der Waals surface area contributed by atoms with Gasteiger partial charge in [0.25, 0.3) is 5.91 Å². The van der Waals surface area contributed by atoms with E-state index in [1.54, 1.807) is 12.3 Å². The van der Waals surface area contributed by atoms with Gasteiger partial charge in [-0.25, -0.2) is 4.98 Å². The van der Waals surface area contributed by atoms with Gasteiger partial charge < -0.3 is 20.1 Å². The number of amides is 2. The quantitative estimate of drug-likeness (QED) is 0.811. The molecule has 1 atom stereocenters. The molecule has 0 bridgehead atoms. The molecule has 9 heteroatoms. The van der Waals surface area contributed by atoms with Crippen molar-refractivity contribution in [2.45, 2.75) is 10.9 Å². The Kier molecular flexibility index (Phi) is 5.55. The van der Waals surface area contributed by atoms with Gasteiger partial charge in [0.15, 0.2) is 0 Å².